The lowest BCUT2D eigenvalue weighted by Crippen LogP contribution is -2.25. The number of benzene rings is 2. The summed E-state index contributed by atoms with van der Waals surface area (Å²) in [5, 5.41) is 2.77. The van der Waals surface area contributed by atoms with Crippen LogP contribution in [0.5, 0.6) is 0 Å². The number of rotatable bonds is 3. The van der Waals surface area contributed by atoms with Crippen LogP contribution in [-0.2, 0) is 10.0 Å². The van der Waals surface area contributed by atoms with Crippen molar-refractivity contribution >= 4 is 27.3 Å². The first-order valence-electron chi connectivity index (χ1n) is 7.48. The Labute approximate surface area is 141 Å². The summed E-state index contributed by atoms with van der Waals surface area (Å²) in [5.41, 5.74) is 2.16. The molecule has 1 N–H and O–H groups in total. The Morgan fingerprint density at radius 2 is 1.96 bits per heavy atom. The molecule has 1 aliphatic heterocycles. The maximum absolute atomic E-state index is 12.4. The van der Waals surface area contributed by atoms with Gasteiger partial charge in [0, 0.05) is 23.4 Å². The highest BCUT2D eigenvalue weighted by molar-refractivity contribution is 7.93. The number of nitrogens with one attached hydrogen (secondary N) is 1. The third-order valence-corrected chi connectivity index (χ3v) is 5.65. The van der Waals surface area contributed by atoms with Gasteiger partial charge in [0.2, 0.25) is 10.0 Å². The van der Waals surface area contributed by atoms with E-state index in [2.05, 4.69) is 11.2 Å². The van der Waals surface area contributed by atoms with Gasteiger partial charge in [-0.25, -0.2) is 8.42 Å². The maximum Gasteiger partial charge on any atom is 0.255 e. The highest BCUT2D eigenvalue weighted by Gasteiger charge is 2.28. The SMILES string of the molecule is C#Cc1cccc(NC(=O)c2cccc(N3CCCS3(=O)=O)c2)c1. The molecule has 122 valence electrons. The third kappa shape index (κ3) is 3.26. The molecule has 0 unspecified atom stereocenters. The molecule has 0 atom stereocenters. The topological polar surface area (TPSA) is 66.5 Å². The molecule has 1 heterocycles. The van der Waals surface area contributed by atoms with Crippen molar-refractivity contribution in [2.45, 2.75) is 6.42 Å². The molecule has 0 aliphatic carbocycles. The number of carbonyl (C=O) groups excluding carboxylic acids is 1. The van der Waals surface area contributed by atoms with E-state index in [1.54, 1.807) is 48.5 Å². The van der Waals surface area contributed by atoms with Crippen LogP contribution in [-0.4, -0.2) is 26.6 Å². The number of nitrogens with zero attached hydrogens (tertiary/aromatic N) is 1. The fourth-order valence-electron chi connectivity index (χ4n) is 2.62. The Kier molecular flexibility index (Phi) is 4.28. The van der Waals surface area contributed by atoms with Crippen LogP contribution in [0.3, 0.4) is 0 Å². The molecule has 24 heavy (non-hydrogen) atoms. The minimum atomic E-state index is -3.27. The molecule has 1 saturated heterocycles. The lowest BCUT2D eigenvalue weighted by molar-refractivity contribution is 0.102. The van der Waals surface area contributed by atoms with Crippen molar-refractivity contribution in [3.8, 4) is 12.3 Å². The molecule has 1 aliphatic rings. The van der Waals surface area contributed by atoms with E-state index in [1.165, 1.54) is 4.31 Å². The average molecular weight is 340 g/mol. The lowest BCUT2D eigenvalue weighted by Gasteiger charge is -2.17. The molecule has 6 heteroatoms. The van der Waals surface area contributed by atoms with Crippen LogP contribution < -0.4 is 9.62 Å². The lowest BCUT2D eigenvalue weighted by atomic mass is 10.1. The first-order valence-corrected chi connectivity index (χ1v) is 9.09. The molecule has 0 radical (unpaired) electrons. The van der Waals surface area contributed by atoms with Gasteiger partial charge in [-0.2, -0.15) is 0 Å². The van der Waals surface area contributed by atoms with Crippen LogP contribution in [0.25, 0.3) is 0 Å². The predicted octanol–water partition coefficient (Wildman–Crippen LogP) is 2.46. The molecule has 0 saturated carbocycles. The monoisotopic (exact) mass is 340 g/mol. The zero-order valence-corrected chi connectivity index (χ0v) is 13.7. The van der Waals surface area contributed by atoms with Gasteiger partial charge < -0.3 is 5.32 Å². The second-order valence-electron chi connectivity index (χ2n) is 5.47. The smallest absolute Gasteiger partial charge is 0.255 e. The molecule has 1 fully saturated rings. The number of sulfonamides is 1. The van der Waals surface area contributed by atoms with Gasteiger partial charge >= 0.3 is 0 Å². The van der Waals surface area contributed by atoms with Crippen LogP contribution in [0, 0.1) is 12.3 Å². The summed E-state index contributed by atoms with van der Waals surface area (Å²) >= 11 is 0. The Bertz CT molecular complexity index is 929. The molecule has 2 aromatic rings. The molecule has 2 aromatic carbocycles. The zero-order valence-electron chi connectivity index (χ0n) is 12.9. The third-order valence-electron chi connectivity index (χ3n) is 3.78. The normalized spacial score (nSPS) is 15.7. The first kappa shape index (κ1) is 16.1. The van der Waals surface area contributed by atoms with Gasteiger partial charge in [-0.1, -0.05) is 18.1 Å². The highest BCUT2D eigenvalue weighted by Crippen LogP contribution is 2.25. The van der Waals surface area contributed by atoms with Gasteiger partial charge in [-0.15, -0.1) is 6.42 Å². The molecule has 0 bridgehead atoms. The second-order valence-corrected chi connectivity index (χ2v) is 7.48. The Hall–Kier alpha value is -2.78. The van der Waals surface area contributed by atoms with Gasteiger partial charge in [0.15, 0.2) is 0 Å². The molecular weight excluding hydrogens is 324 g/mol. The number of terminal acetylenes is 1. The zero-order chi connectivity index (χ0) is 17.2. The average Bonchev–Trinajstić information content (AvgIpc) is 2.94. The van der Waals surface area contributed by atoms with Crippen molar-refractivity contribution in [2.75, 3.05) is 21.9 Å². The largest absolute Gasteiger partial charge is 0.322 e. The van der Waals surface area contributed by atoms with Crippen molar-refractivity contribution in [2.24, 2.45) is 0 Å². The number of amides is 1. The summed E-state index contributed by atoms with van der Waals surface area (Å²) < 4.78 is 25.4. The van der Waals surface area contributed by atoms with Gasteiger partial charge in [0.1, 0.15) is 0 Å². The minimum absolute atomic E-state index is 0.141. The molecular formula is C18H16N2O3S. The van der Waals surface area contributed by atoms with Crippen LogP contribution in [0.15, 0.2) is 48.5 Å². The van der Waals surface area contributed by atoms with E-state index in [0.29, 0.717) is 35.5 Å². The summed E-state index contributed by atoms with van der Waals surface area (Å²) in [7, 11) is -3.27. The Morgan fingerprint density at radius 1 is 1.17 bits per heavy atom. The van der Waals surface area contributed by atoms with Gasteiger partial charge in [0.25, 0.3) is 5.91 Å². The minimum Gasteiger partial charge on any atom is -0.322 e. The van der Waals surface area contributed by atoms with Crippen molar-refractivity contribution in [3.63, 3.8) is 0 Å². The van der Waals surface area contributed by atoms with E-state index in [1.807, 2.05) is 0 Å². The molecule has 0 spiro atoms. The van der Waals surface area contributed by atoms with Gasteiger partial charge in [0.05, 0.1) is 11.4 Å². The van der Waals surface area contributed by atoms with Crippen LogP contribution in [0.2, 0.25) is 0 Å². The number of hydrogen-bond donors (Lipinski definition) is 1. The predicted molar refractivity (Wildman–Crippen MR) is 94.5 cm³/mol. The summed E-state index contributed by atoms with van der Waals surface area (Å²) in [6.45, 7) is 0.442. The molecule has 3 rings (SSSR count). The molecule has 5 nitrogen and oxygen atoms in total. The van der Waals surface area contributed by atoms with E-state index in [9.17, 15) is 13.2 Å². The fraction of sp³-hybridized carbons (Fsp3) is 0.167. The van der Waals surface area contributed by atoms with Gasteiger partial charge in [-0.3, -0.25) is 9.10 Å². The number of carbonyl (C=O) groups is 1. The summed E-state index contributed by atoms with van der Waals surface area (Å²) in [6.07, 6.45) is 5.95. The standard InChI is InChI=1S/C18H16N2O3S/c1-2-14-6-3-8-16(12-14)19-18(21)15-7-4-9-17(13-15)20-10-5-11-24(20,22)23/h1,3-4,6-9,12-13H,5,10-11H2,(H,19,21). The summed E-state index contributed by atoms with van der Waals surface area (Å²) in [4.78, 5) is 12.4. The number of hydrogen-bond acceptors (Lipinski definition) is 3. The summed E-state index contributed by atoms with van der Waals surface area (Å²) in [6, 6.07) is 13.6. The van der Waals surface area contributed by atoms with Crippen LogP contribution in [0.4, 0.5) is 11.4 Å². The van der Waals surface area contributed by atoms with E-state index < -0.39 is 10.0 Å². The quantitative estimate of drug-likeness (QED) is 0.873. The number of anilines is 2. The van der Waals surface area contributed by atoms with Crippen molar-refractivity contribution in [1.29, 1.82) is 0 Å². The van der Waals surface area contributed by atoms with Crippen molar-refractivity contribution < 1.29 is 13.2 Å². The van der Waals surface area contributed by atoms with Crippen molar-refractivity contribution in [1.82, 2.24) is 0 Å². The van der Waals surface area contributed by atoms with E-state index in [4.69, 9.17) is 6.42 Å². The molecule has 0 aromatic heterocycles. The first-order chi connectivity index (χ1) is 11.5. The highest BCUT2D eigenvalue weighted by atomic mass is 32.2. The van der Waals surface area contributed by atoms with E-state index in [-0.39, 0.29) is 11.7 Å². The van der Waals surface area contributed by atoms with E-state index >= 15 is 0 Å². The molecule has 1 amide bonds. The van der Waals surface area contributed by atoms with Crippen molar-refractivity contribution in [3.05, 3.63) is 59.7 Å². The fourth-order valence-corrected chi connectivity index (χ4v) is 4.18. The van der Waals surface area contributed by atoms with Crippen LogP contribution in [0.1, 0.15) is 22.3 Å². The summed E-state index contributed by atoms with van der Waals surface area (Å²) in [5.74, 6) is 2.34. The maximum atomic E-state index is 12.4. The Morgan fingerprint density at radius 3 is 2.67 bits per heavy atom. The Balaban J connectivity index is 1.83. The second kappa shape index (κ2) is 6.38. The van der Waals surface area contributed by atoms with Gasteiger partial charge in [-0.05, 0) is 42.8 Å². The van der Waals surface area contributed by atoms with Crippen LogP contribution >= 0.6 is 0 Å². The van der Waals surface area contributed by atoms with E-state index in [0.717, 1.165) is 0 Å².